The van der Waals surface area contributed by atoms with Crippen molar-refractivity contribution < 1.29 is 18.7 Å². The number of carbonyl (C=O) groups excluding carboxylic acids is 1. The van der Waals surface area contributed by atoms with Gasteiger partial charge in [0.15, 0.2) is 0 Å². The molecule has 2 rings (SSSR count). The summed E-state index contributed by atoms with van der Waals surface area (Å²) in [6, 6.07) is 3.92. The molecule has 0 saturated carbocycles. The van der Waals surface area contributed by atoms with E-state index in [0.717, 1.165) is 0 Å². The second-order valence-electron chi connectivity index (χ2n) is 4.18. The molecular formula is C13H18ClFN2O3. The lowest BCUT2D eigenvalue weighted by atomic mass is 10.1. The molecule has 0 aromatic heterocycles. The van der Waals surface area contributed by atoms with E-state index in [-0.39, 0.29) is 30.5 Å². The van der Waals surface area contributed by atoms with Crippen LogP contribution in [0.25, 0.3) is 0 Å². The van der Waals surface area contributed by atoms with E-state index < -0.39 is 5.82 Å². The topological polar surface area (TPSA) is 64.8 Å². The van der Waals surface area contributed by atoms with Crippen LogP contribution in [0.4, 0.5) is 4.39 Å². The number of nitrogens with two attached hydrogens (primary N) is 1. The first-order valence-corrected chi connectivity index (χ1v) is 6.22. The highest BCUT2D eigenvalue weighted by molar-refractivity contribution is 5.97. The molecule has 1 aromatic rings. The molecule has 20 heavy (non-hydrogen) atoms. The van der Waals surface area contributed by atoms with E-state index in [2.05, 4.69) is 0 Å². The van der Waals surface area contributed by atoms with Crippen molar-refractivity contribution in [3.8, 4) is 5.75 Å². The molecule has 5 nitrogen and oxygen atoms in total. The highest BCUT2D eigenvalue weighted by atomic mass is 35.5. The summed E-state index contributed by atoms with van der Waals surface area (Å²) >= 11 is 0. The second kappa shape index (κ2) is 8.04. The van der Waals surface area contributed by atoms with Crippen LogP contribution < -0.4 is 10.5 Å². The maximum absolute atomic E-state index is 13.3. The number of rotatable bonds is 4. The van der Waals surface area contributed by atoms with Crippen LogP contribution in [0.5, 0.6) is 5.75 Å². The monoisotopic (exact) mass is 304 g/mol. The molecule has 0 atom stereocenters. The van der Waals surface area contributed by atoms with Crippen molar-refractivity contribution in [2.24, 2.45) is 5.73 Å². The number of nitrogens with zero attached hydrogens (tertiary/aromatic N) is 1. The number of carbonyl (C=O) groups is 1. The second-order valence-corrected chi connectivity index (χ2v) is 4.18. The van der Waals surface area contributed by atoms with Gasteiger partial charge in [-0.25, -0.2) is 4.39 Å². The summed E-state index contributed by atoms with van der Waals surface area (Å²) in [6.45, 7) is 2.63. The highest BCUT2D eigenvalue weighted by Crippen LogP contribution is 2.22. The smallest absolute Gasteiger partial charge is 0.257 e. The number of ether oxygens (including phenoxy) is 2. The Bertz CT molecular complexity index is 453. The molecule has 1 fully saturated rings. The first-order valence-electron chi connectivity index (χ1n) is 6.22. The molecule has 112 valence electrons. The van der Waals surface area contributed by atoms with Crippen molar-refractivity contribution >= 4 is 18.3 Å². The van der Waals surface area contributed by atoms with Crippen molar-refractivity contribution in [3.63, 3.8) is 0 Å². The van der Waals surface area contributed by atoms with Crippen molar-refractivity contribution in [1.29, 1.82) is 0 Å². The Kier molecular flexibility index (Phi) is 6.70. The Morgan fingerprint density at radius 2 is 2.10 bits per heavy atom. The molecule has 1 heterocycles. The zero-order chi connectivity index (χ0) is 13.7. The lowest BCUT2D eigenvalue weighted by Gasteiger charge is -2.27. The number of halogens is 2. The van der Waals surface area contributed by atoms with Crippen LogP contribution in [0, 0.1) is 5.82 Å². The van der Waals surface area contributed by atoms with Crippen LogP contribution in [-0.2, 0) is 4.74 Å². The predicted octanol–water partition coefficient (Wildman–Crippen LogP) is 1.06. The molecule has 0 bridgehead atoms. The lowest BCUT2D eigenvalue weighted by Crippen LogP contribution is -2.40. The summed E-state index contributed by atoms with van der Waals surface area (Å²) in [6.07, 6.45) is 0. The zero-order valence-electron chi connectivity index (χ0n) is 11.0. The summed E-state index contributed by atoms with van der Waals surface area (Å²) in [5, 5.41) is 0. The Morgan fingerprint density at radius 3 is 2.75 bits per heavy atom. The van der Waals surface area contributed by atoms with Crippen LogP contribution in [0.2, 0.25) is 0 Å². The average molecular weight is 305 g/mol. The SMILES string of the molecule is Cl.NCCOc1ccc(F)cc1C(=O)N1CCOCC1. The van der Waals surface area contributed by atoms with Gasteiger partial charge in [0.1, 0.15) is 18.2 Å². The molecule has 0 aliphatic carbocycles. The number of benzene rings is 1. The molecule has 1 aromatic carbocycles. The molecule has 0 unspecified atom stereocenters. The van der Waals surface area contributed by atoms with Gasteiger partial charge in [-0.1, -0.05) is 0 Å². The van der Waals surface area contributed by atoms with Crippen LogP contribution >= 0.6 is 12.4 Å². The normalized spacial score (nSPS) is 14.6. The molecule has 1 aliphatic heterocycles. The van der Waals surface area contributed by atoms with Crippen LogP contribution in [0.3, 0.4) is 0 Å². The molecule has 1 amide bonds. The Morgan fingerprint density at radius 1 is 1.40 bits per heavy atom. The van der Waals surface area contributed by atoms with E-state index in [9.17, 15) is 9.18 Å². The van der Waals surface area contributed by atoms with Crippen LogP contribution in [0.1, 0.15) is 10.4 Å². The number of hydrogen-bond acceptors (Lipinski definition) is 4. The fourth-order valence-electron chi connectivity index (χ4n) is 1.90. The fraction of sp³-hybridized carbons (Fsp3) is 0.462. The van der Waals surface area contributed by atoms with E-state index >= 15 is 0 Å². The minimum absolute atomic E-state index is 0. The van der Waals surface area contributed by atoms with Gasteiger partial charge in [0.2, 0.25) is 0 Å². The summed E-state index contributed by atoms with van der Waals surface area (Å²) in [7, 11) is 0. The van der Waals surface area contributed by atoms with Gasteiger partial charge in [0, 0.05) is 19.6 Å². The van der Waals surface area contributed by atoms with E-state index in [4.69, 9.17) is 15.2 Å². The molecular weight excluding hydrogens is 287 g/mol. The van der Waals surface area contributed by atoms with Crippen molar-refractivity contribution in [3.05, 3.63) is 29.6 Å². The predicted molar refractivity (Wildman–Crippen MR) is 74.9 cm³/mol. The average Bonchev–Trinajstić information content (AvgIpc) is 2.46. The third-order valence-corrected chi connectivity index (χ3v) is 2.85. The highest BCUT2D eigenvalue weighted by Gasteiger charge is 2.22. The van der Waals surface area contributed by atoms with Crippen LogP contribution in [0.15, 0.2) is 18.2 Å². The number of morpholine rings is 1. The van der Waals surface area contributed by atoms with Gasteiger partial charge in [0.05, 0.1) is 18.8 Å². The quantitative estimate of drug-likeness (QED) is 0.903. The van der Waals surface area contributed by atoms with Crippen molar-refractivity contribution in [2.75, 3.05) is 39.5 Å². The third kappa shape index (κ3) is 4.06. The van der Waals surface area contributed by atoms with Crippen molar-refractivity contribution in [2.45, 2.75) is 0 Å². The fourth-order valence-corrected chi connectivity index (χ4v) is 1.90. The van der Waals surface area contributed by atoms with Crippen molar-refractivity contribution in [1.82, 2.24) is 4.90 Å². The van der Waals surface area contributed by atoms with Gasteiger partial charge < -0.3 is 20.1 Å². The number of amides is 1. The molecule has 7 heteroatoms. The van der Waals surface area contributed by atoms with E-state index in [0.29, 0.717) is 38.6 Å². The molecule has 1 aliphatic rings. The summed E-state index contributed by atoms with van der Waals surface area (Å²) < 4.78 is 23.9. The lowest BCUT2D eigenvalue weighted by molar-refractivity contribution is 0.0300. The summed E-state index contributed by atoms with van der Waals surface area (Å²) in [5.41, 5.74) is 5.60. The van der Waals surface area contributed by atoms with Crippen LogP contribution in [-0.4, -0.2) is 50.3 Å². The van der Waals surface area contributed by atoms with Gasteiger partial charge in [-0.15, -0.1) is 12.4 Å². The third-order valence-electron chi connectivity index (χ3n) is 2.85. The van der Waals surface area contributed by atoms with Gasteiger partial charge >= 0.3 is 0 Å². The Labute approximate surface area is 123 Å². The molecule has 0 spiro atoms. The molecule has 2 N–H and O–H groups in total. The first kappa shape index (κ1) is 16.7. The van der Waals surface area contributed by atoms with E-state index in [1.807, 2.05) is 0 Å². The first-order chi connectivity index (χ1) is 9.22. The summed E-state index contributed by atoms with van der Waals surface area (Å²) in [5.74, 6) is -0.338. The van der Waals surface area contributed by atoms with Gasteiger partial charge in [-0.2, -0.15) is 0 Å². The van der Waals surface area contributed by atoms with E-state index in [1.54, 1.807) is 4.90 Å². The van der Waals surface area contributed by atoms with Gasteiger partial charge in [-0.05, 0) is 18.2 Å². The van der Waals surface area contributed by atoms with E-state index in [1.165, 1.54) is 18.2 Å². The standard InChI is InChI=1S/C13H17FN2O3.ClH/c14-10-1-2-12(19-6-3-15)11(9-10)13(17)16-4-7-18-8-5-16;/h1-2,9H,3-8,15H2;1H. The largest absolute Gasteiger partial charge is 0.491 e. The molecule has 1 saturated heterocycles. The Hall–Kier alpha value is -1.37. The van der Waals surface area contributed by atoms with Gasteiger partial charge in [0.25, 0.3) is 5.91 Å². The summed E-state index contributed by atoms with van der Waals surface area (Å²) in [4.78, 5) is 14.0. The minimum atomic E-state index is -0.461. The maximum atomic E-state index is 13.3. The number of hydrogen-bond donors (Lipinski definition) is 1. The zero-order valence-corrected chi connectivity index (χ0v) is 11.8. The van der Waals surface area contributed by atoms with Gasteiger partial charge in [-0.3, -0.25) is 4.79 Å². The minimum Gasteiger partial charge on any atom is -0.491 e. The molecule has 0 radical (unpaired) electrons. The maximum Gasteiger partial charge on any atom is 0.257 e. The Balaban J connectivity index is 0.00000200.